The Bertz CT molecular complexity index is 690. The molecule has 0 radical (unpaired) electrons. The minimum atomic E-state index is -0.0211. The van der Waals surface area contributed by atoms with E-state index in [-0.39, 0.29) is 36.1 Å². The predicted octanol–water partition coefficient (Wildman–Crippen LogP) is 4.96. The molecule has 2 aromatic rings. The number of pyridine rings is 1. The number of carbonyl (C=O) groups excluding carboxylic acids is 1. The van der Waals surface area contributed by atoms with E-state index in [4.69, 9.17) is 10.5 Å². The van der Waals surface area contributed by atoms with Crippen molar-refractivity contribution in [1.29, 1.82) is 0 Å². The van der Waals surface area contributed by atoms with Crippen LogP contribution in [0.2, 0.25) is 0 Å². The topological polar surface area (TPSA) is 77.2 Å². The molecule has 0 unspecified atom stereocenters. The van der Waals surface area contributed by atoms with Crippen LogP contribution in [0.4, 0.5) is 5.69 Å². The first-order valence-corrected chi connectivity index (χ1v) is 8.87. The van der Waals surface area contributed by atoms with Gasteiger partial charge in [0.1, 0.15) is 11.5 Å². The van der Waals surface area contributed by atoms with Crippen LogP contribution in [0.15, 0.2) is 48.8 Å². The van der Waals surface area contributed by atoms with Crippen molar-refractivity contribution in [2.75, 3.05) is 11.9 Å². The number of carbonyl (C=O) groups is 1. The smallest absolute Gasteiger partial charge is 0.224 e. The molecule has 0 spiro atoms. The van der Waals surface area contributed by atoms with Crippen LogP contribution in [0.5, 0.6) is 11.5 Å². The van der Waals surface area contributed by atoms with Crippen molar-refractivity contribution in [3.63, 3.8) is 0 Å². The molecule has 0 atom stereocenters. The lowest BCUT2D eigenvalue weighted by Crippen LogP contribution is -2.36. The summed E-state index contributed by atoms with van der Waals surface area (Å²) in [4.78, 5) is 16.4. The zero-order chi connectivity index (χ0) is 17.5. The number of nitrogens with two attached hydrogens (primary N) is 1. The van der Waals surface area contributed by atoms with Crippen LogP contribution in [-0.2, 0) is 4.79 Å². The van der Waals surface area contributed by atoms with Gasteiger partial charge in [0.15, 0.2) is 0 Å². The van der Waals surface area contributed by atoms with E-state index in [9.17, 15) is 4.79 Å². The molecule has 1 fully saturated rings. The minimum absolute atomic E-state index is 0. The van der Waals surface area contributed by atoms with Crippen molar-refractivity contribution in [3.05, 3.63) is 48.8 Å². The number of aromatic nitrogens is 1. The lowest BCUT2D eigenvalue weighted by molar-refractivity contribution is -0.118. The van der Waals surface area contributed by atoms with E-state index in [1.165, 1.54) is 19.3 Å². The molecule has 3 N–H and O–H groups in total. The molecule has 5 nitrogen and oxygen atoms in total. The Labute approximate surface area is 172 Å². The average molecular weight is 412 g/mol. The second-order valence-electron chi connectivity index (χ2n) is 6.80. The van der Waals surface area contributed by atoms with E-state index in [0.717, 1.165) is 30.0 Å². The zero-order valence-electron chi connectivity index (χ0n) is 15.2. The molecule has 1 aliphatic carbocycles. The van der Waals surface area contributed by atoms with Gasteiger partial charge in [-0.2, -0.15) is 0 Å². The zero-order valence-corrected chi connectivity index (χ0v) is 16.9. The number of anilines is 1. The first-order chi connectivity index (χ1) is 12.2. The van der Waals surface area contributed by atoms with Crippen LogP contribution in [0.25, 0.3) is 0 Å². The van der Waals surface area contributed by atoms with Crippen LogP contribution in [-0.4, -0.2) is 17.4 Å². The normalized spacial score (nSPS) is 15.0. The maximum atomic E-state index is 12.4. The maximum absolute atomic E-state index is 12.4. The highest BCUT2D eigenvalue weighted by molar-refractivity contribution is 5.91. The highest BCUT2D eigenvalue weighted by Crippen LogP contribution is 2.38. The van der Waals surface area contributed by atoms with Gasteiger partial charge in [0, 0.05) is 24.5 Å². The summed E-state index contributed by atoms with van der Waals surface area (Å²) in [5.41, 5.74) is 6.72. The van der Waals surface area contributed by atoms with Gasteiger partial charge in [-0.15, -0.1) is 24.8 Å². The highest BCUT2D eigenvalue weighted by Gasteiger charge is 2.32. The number of nitrogens with zero attached hydrogens (tertiary/aromatic N) is 1. The Morgan fingerprint density at radius 2 is 1.59 bits per heavy atom. The number of nitrogens with one attached hydrogen (secondary N) is 1. The summed E-state index contributed by atoms with van der Waals surface area (Å²) in [5.74, 6) is 1.49. The van der Waals surface area contributed by atoms with E-state index in [2.05, 4.69) is 10.3 Å². The molecule has 1 amide bonds. The summed E-state index contributed by atoms with van der Waals surface area (Å²) in [6.45, 7) is 0.582. The van der Waals surface area contributed by atoms with Crippen LogP contribution in [0.3, 0.4) is 0 Å². The van der Waals surface area contributed by atoms with E-state index in [1.54, 1.807) is 24.5 Å². The van der Waals surface area contributed by atoms with Crippen molar-refractivity contribution < 1.29 is 9.53 Å². The number of rotatable bonds is 6. The lowest BCUT2D eigenvalue weighted by Gasteiger charge is -2.35. The van der Waals surface area contributed by atoms with Gasteiger partial charge in [-0.25, -0.2) is 0 Å². The number of halogens is 2. The highest BCUT2D eigenvalue weighted by atomic mass is 35.5. The molecule has 7 heteroatoms. The van der Waals surface area contributed by atoms with Gasteiger partial charge >= 0.3 is 0 Å². The Kier molecular flexibility index (Phi) is 9.56. The summed E-state index contributed by atoms with van der Waals surface area (Å²) < 4.78 is 5.72. The molecule has 0 saturated heterocycles. The SMILES string of the molecule is Cl.Cl.NCC1(CC(=O)Nc2ccc(Oc3ccncc3)cc2)CCCCC1. The second-order valence-corrected chi connectivity index (χ2v) is 6.80. The Balaban J connectivity index is 0.00000182. The number of hydrogen-bond acceptors (Lipinski definition) is 4. The molecule has 1 heterocycles. The van der Waals surface area contributed by atoms with Gasteiger partial charge in [0.25, 0.3) is 0 Å². The molecule has 148 valence electrons. The number of benzene rings is 1. The number of amides is 1. The first kappa shape index (κ1) is 23.2. The molecular weight excluding hydrogens is 385 g/mol. The van der Waals surface area contributed by atoms with Gasteiger partial charge in [-0.05, 0) is 61.2 Å². The van der Waals surface area contributed by atoms with Crippen molar-refractivity contribution in [2.24, 2.45) is 11.1 Å². The van der Waals surface area contributed by atoms with Gasteiger partial charge in [0.2, 0.25) is 5.91 Å². The van der Waals surface area contributed by atoms with Crippen LogP contribution in [0.1, 0.15) is 38.5 Å². The van der Waals surface area contributed by atoms with Gasteiger partial charge in [-0.1, -0.05) is 19.3 Å². The van der Waals surface area contributed by atoms with E-state index in [1.807, 2.05) is 24.3 Å². The first-order valence-electron chi connectivity index (χ1n) is 8.87. The number of hydrogen-bond donors (Lipinski definition) is 2. The predicted molar refractivity (Wildman–Crippen MR) is 113 cm³/mol. The third-order valence-corrected chi connectivity index (χ3v) is 4.91. The summed E-state index contributed by atoms with van der Waals surface area (Å²) in [7, 11) is 0. The molecule has 1 saturated carbocycles. The molecule has 1 aromatic carbocycles. The quantitative estimate of drug-likeness (QED) is 0.704. The molecule has 3 rings (SSSR count). The molecule has 0 bridgehead atoms. The van der Waals surface area contributed by atoms with Crippen LogP contribution >= 0.6 is 24.8 Å². The third-order valence-electron chi connectivity index (χ3n) is 4.91. The van der Waals surface area contributed by atoms with E-state index >= 15 is 0 Å². The summed E-state index contributed by atoms with van der Waals surface area (Å²) in [6.07, 6.45) is 9.56. The van der Waals surface area contributed by atoms with E-state index < -0.39 is 0 Å². The van der Waals surface area contributed by atoms with Crippen molar-refractivity contribution in [2.45, 2.75) is 38.5 Å². The van der Waals surface area contributed by atoms with Crippen molar-refractivity contribution >= 4 is 36.4 Å². The second kappa shape index (κ2) is 11.1. The standard InChI is InChI=1S/C20H25N3O2.2ClH/c21-15-20(10-2-1-3-11-20)14-19(24)23-16-4-6-17(7-5-16)25-18-8-12-22-13-9-18;;/h4-9,12-13H,1-3,10-11,14-15,21H2,(H,23,24);2*1H. The maximum Gasteiger partial charge on any atom is 0.224 e. The lowest BCUT2D eigenvalue weighted by atomic mass is 9.71. The van der Waals surface area contributed by atoms with Gasteiger partial charge in [-0.3, -0.25) is 9.78 Å². The third kappa shape index (κ3) is 6.69. The minimum Gasteiger partial charge on any atom is -0.457 e. The number of ether oxygens (including phenoxy) is 1. The van der Waals surface area contributed by atoms with Crippen LogP contribution < -0.4 is 15.8 Å². The summed E-state index contributed by atoms with van der Waals surface area (Å²) >= 11 is 0. The molecule has 27 heavy (non-hydrogen) atoms. The van der Waals surface area contributed by atoms with E-state index in [0.29, 0.717) is 13.0 Å². The Hall–Kier alpha value is -1.82. The summed E-state index contributed by atoms with van der Waals surface area (Å²) in [6, 6.07) is 11.0. The molecular formula is C20H27Cl2N3O2. The summed E-state index contributed by atoms with van der Waals surface area (Å²) in [5, 5.41) is 2.98. The fourth-order valence-corrected chi connectivity index (χ4v) is 3.45. The van der Waals surface area contributed by atoms with Crippen LogP contribution in [0, 0.1) is 5.41 Å². The van der Waals surface area contributed by atoms with Gasteiger partial charge in [0.05, 0.1) is 0 Å². The van der Waals surface area contributed by atoms with Gasteiger partial charge < -0.3 is 15.8 Å². The van der Waals surface area contributed by atoms with Crippen molar-refractivity contribution in [1.82, 2.24) is 4.98 Å². The fraction of sp³-hybridized carbons (Fsp3) is 0.400. The van der Waals surface area contributed by atoms with Crippen molar-refractivity contribution in [3.8, 4) is 11.5 Å². The molecule has 1 aromatic heterocycles. The Morgan fingerprint density at radius 1 is 1.00 bits per heavy atom. The fourth-order valence-electron chi connectivity index (χ4n) is 3.45. The average Bonchev–Trinajstić information content (AvgIpc) is 2.65. The Morgan fingerprint density at radius 3 is 2.19 bits per heavy atom. The monoisotopic (exact) mass is 411 g/mol. The molecule has 0 aliphatic heterocycles. The molecule has 1 aliphatic rings. The largest absolute Gasteiger partial charge is 0.457 e.